The number of hydrogen-bond donors (Lipinski definition) is 0. The van der Waals surface area contributed by atoms with Gasteiger partial charge in [0.25, 0.3) is 5.56 Å². The second-order valence-corrected chi connectivity index (χ2v) is 14.6. The van der Waals surface area contributed by atoms with Crippen molar-refractivity contribution >= 4 is 37.9 Å². The second-order valence-electron chi connectivity index (χ2n) is 11.4. The summed E-state index contributed by atoms with van der Waals surface area (Å²) in [5, 5.41) is 1.71. The molecule has 1 heterocycles. The summed E-state index contributed by atoms with van der Waals surface area (Å²) in [6.07, 6.45) is 4.59. The molecule has 0 N–H and O–H groups in total. The maximum atomic E-state index is 14.0. The van der Waals surface area contributed by atoms with Gasteiger partial charge in [-0.15, -0.1) is 0 Å². The fourth-order valence-electron chi connectivity index (χ4n) is 3.95. The average Bonchev–Trinajstić information content (AvgIpc) is 3.61. The van der Waals surface area contributed by atoms with Gasteiger partial charge in [-0.1, -0.05) is 34.1 Å². The summed E-state index contributed by atoms with van der Waals surface area (Å²) in [6.45, 7) is 13.4. The fraction of sp³-hybridized carbons (Fsp3) is 0.483. The van der Waals surface area contributed by atoms with Gasteiger partial charge in [-0.25, -0.2) is 0 Å². The first kappa shape index (κ1) is 26.5. The third-order valence-corrected chi connectivity index (χ3v) is 9.34. The van der Waals surface area contributed by atoms with Crippen molar-refractivity contribution < 1.29 is 8.92 Å². The van der Waals surface area contributed by atoms with Crippen LogP contribution in [-0.4, -0.2) is 21.2 Å². The first-order chi connectivity index (χ1) is 16.3. The molecule has 0 bridgehead atoms. The van der Waals surface area contributed by atoms with Crippen LogP contribution in [0.4, 0.5) is 0 Å². The Morgan fingerprint density at radius 2 is 1.74 bits per heavy atom. The predicted octanol–water partition coefficient (Wildman–Crippen LogP) is 7.42. The normalized spacial score (nSPS) is 15.5. The molecule has 1 aliphatic rings. The lowest BCUT2D eigenvalue weighted by Crippen LogP contribution is -2.29. The maximum absolute atomic E-state index is 14.0. The van der Waals surface area contributed by atoms with E-state index in [2.05, 4.69) is 61.2 Å². The quantitative estimate of drug-likeness (QED) is 0.283. The molecule has 3 aromatic rings. The van der Waals surface area contributed by atoms with Gasteiger partial charge in [-0.2, -0.15) is 4.18 Å². The van der Waals surface area contributed by atoms with Crippen LogP contribution >= 0.6 is 15.9 Å². The topological polar surface area (TPSA) is 40.5 Å². The van der Waals surface area contributed by atoms with Crippen molar-refractivity contribution in [2.24, 2.45) is 0 Å². The van der Waals surface area contributed by atoms with E-state index < -0.39 is 0 Å². The molecule has 1 aliphatic carbocycles. The Labute approximate surface area is 220 Å². The number of halogens is 1. The third kappa shape index (κ3) is 6.22. The van der Waals surface area contributed by atoms with Crippen LogP contribution in [0.3, 0.4) is 0 Å². The number of pyridine rings is 1. The molecule has 0 aliphatic heterocycles. The lowest BCUT2D eigenvalue weighted by Gasteiger charge is -2.23. The summed E-state index contributed by atoms with van der Waals surface area (Å²) in [4.78, 5) is 14.0. The van der Waals surface area contributed by atoms with Crippen molar-refractivity contribution in [2.45, 2.75) is 83.9 Å². The molecule has 0 radical (unpaired) electrons. The van der Waals surface area contributed by atoms with E-state index in [0.717, 1.165) is 32.2 Å². The average molecular weight is 560 g/mol. The largest absolute Gasteiger partial charge is 0.370 e. The number of fused-ring (bicyclic) bond motifs is 1. The molecule has 1 unspecified atom stereocenters. The summed E-state index contributed by atoms with van der Waals surface area (Å²) in [6, 6.07) is 14.4. The highest BCUT2D eigenvalue weighted by Gasteiger charge is 2.33. The second kappa shape index (κ2) is 10.0. The molecule has 1 fully saturated rings. The highest BCUT2D eigenvalue weighted by atomic mass is 79.9. The minimum absolute atomic E-state index is 0.0250. The zero-order chi connectivity index (χ0) is 25.5. The van der Waals surface area contributed by atoms with E-state index in [1.165, 1.54) is 18.4 Å². The summed E-state index contributed by atoms with van der Waals surface area (Å²) in [5.74, 6) is 0.635. The van der Waals surface area contributed by atoms with Crippen LogP contribution in [0.15, 0.2) is 51.7 Å². The SMILES string of the molecule is C[S+](OCc1c(Br)cccc1-n1c(COC(C)(C)C)cc2cc(C3CC3)ccc2c1=O)C(C)(C)C. The highest BCUT2D eigenvalue weighted by Crippen LogP contribution is 2.41. The summed E-state index contributed by atoms with van der Waals surface area (Å²) in [7, 11) is 0. The summed E-state index contributed by atoms with van der Waals surface area (Å²) < 4.78 is 15.3. The molecule has 4 rings (SSSR count). The van der Waals surface area contributed by atoms with Gasteiger partial charge < -0.3 is 4.74 Å². The Bertz CT molecular complexity index is 1280. The van der Waals surface area contributed by atoms with E-state index in [1.54, 1.807) is 0 Å². The number of aromatic nitrogens is 1. The van der Waals surface area contributed by atoms with Crippen LogP contribution in [0.2, 0.25) is 0 Å². The van der Waals surface area contributed by atoms with Crippen molar-refractivity contribution in [1.29, 1.82) is 0 Å². The first-order valence-electron chi connectivity index (χ1n) is 12.2. The van der Waals surface area contributed by atoms with Crippen molar-refractivity contribution in [3.05, 3.63) is 74.1 Å². The van der Waals surface area contributed by atoms with Crippen LogP contribution in [0.25, 0.3) is 16.5 Å². The Balaban J connectivity index is 1.86. The molecule has 4 nitrogen and oxygen atoms in total. The molecule has 35 heavy (non-hydrogen) atoms. The van der Waals surface area contributed by atoms with Gasteiger partial charge in [-0.05, 0) is 95.5 Å². The van der Waals surface area contributed by atoms with E-state index in [1.807, 2.05) is 49.6 Å². The van der Waals surface area contributed by atoms with Crippen LogP contribution in [-0.2, 0) is 33.3 Å². The molecule has 1 saturated carbocycles. The number of rotatable bonds is 7. The molecule has 6 heteroatoms. The van der Waals surface area contributed by atoms with Crippen LogP contribution in [0, 0.1) is 0 Å². The Kier molecular flexibility index (Phi) is 7.59. The van der Waals surface area contributed by atoms with Crippen molar-refractivity contribution in [3.63, 3.8) is 0 Å². The molecule has 1 atom stereocenters. The van der Waals surface area contributed by atoms with Gasteiger partial charge in [0, 0.05) is 15.4 Å². The minimum Gasteiger partial charge on any atom is -0.370 e. The van der Waals surface area contributed by atoms with Gasteiger partial charge in [0.05, 0.1) is 23.6 Å². The molecule has 0 spiro atoms. The fourth-order valence-corrected chi connectivity index (χ4v) is 5.06. The molecule has 0 saturated heterocycles. The lowest BCUT2D eigenvalue weighted by molar-refractivity contribution is -0.0172. The third-order valence-electron chi connectivity index (χ3n) is 6.40. The van der Waals surface area contributed by atoms with Crippen LogP contribution < -0.4 is 5.56 Å². The molecular formula is C29H37BrNO3S+. The monoisotopic (exact) mass is 558 g/mol. The Hall–Kier alpha value is -1.60. The van der Waals surface area contributed by atoms with Crippen molar-refractivity contribution in [2.75, 3.05) is 6.26 Å². The minimum atomic E-state index is -0.321. The number of hydrogen-bond acceptors (Lipinski definition) is 3. The van der Waals surface area contributed by atoms with Gasteiger partial charge >= 0.3 is 0 Å². The summed E-state index contributed by atoms with van der Waals surface area (Å²) in [5.41, 5.74) is 3.61. The van der Waals surface area contributed by atoms with E-state index in [9.17, 15) is 4.79 Å². The van der Waals surface area contributed by atoms with Gasteiger partial charge in [0.1, 0.15) is 24.0 Å². The number of ether oxygens (including phenoxy) is 1. The maximum Gasteiger partial charge on any atom is 0.263 e. The Morgan fingerprint density at radius 1 is 1.03 bits per heavy atom. The van der Waals surface area contributed by atoms with Crippen LogP contribution in [0.1, 0.15) is 77.1 Å². The zero-order valence-corrected chi connectivity index (χ0v) is 24.3. The van der Waals surface area contributed by atoms with Gasteiger partial charge in [0.15, 0.2) is 4.75 Å². The smallest absolute Gasteiger partial charge is 0.263 e. The van der Waals surface area contributed by atoms with Crippen molar-refractivity contribution in [1.82, 2.24) is 4.57 Å². The van der Waals surface area contributed by atoms with Crippen LogP contribution in [0.5, 0.6) is 0 Å². The van der Waals surface area contributed by atoms with Gasteiger partial charge in [0.2, 0.25) is 0 Å². The van der Waals surface area contributed by atoms with E-state index in [-0.39, 0.29) is 27.1 Å². The number of nitrogens with zero attached hydrogens (tertiary/aromatic N) is 1. The van der Waals surface area contributed by atoms with E-state index >= 15 is 0 Å². The molecule has 0 amide bonds. The highest BCUT2D eigenvalue weighted by molar-refractivity contribution is 9.10. The van der Waals surface area contributed by atoms with Gasteiger partial charge in [-0.3, -0.25) is 9.36 Å². The standard InChI is InChI=1S/C29H37BrNO3S/c1-28(2,3)33-17-22-16-21-15-20(19-11-12-19)13-14-23(21)27(32)31(22)26-10-8-9-25(30)24(26)18-34-35(7)29(4,5)6/h8-10,13-16,19H,11-12,17-18H2,1-7H3/q+1. The molecule has 188 valence electrons. The predicted molar refractivity (Wildman–Crippen MR) is 152 cm³/mol. The molecule has 1 aromatic heterocycles. The lowest BCUT2D eigenvalue weighted by atomic mass is 10.0. The Morgan fingerprint density at radius 3 is 2.37 bits per heavy atom. The first-order valence-corrected chi connectivity index (χ1v) is 14.6. The summed E-state index contributed by atoms with van der Waals surface area (Å²) >= 11 is 3.48. The van der Waals surface area contributed by atoms with E-state index in [0.29, 0.717) is 19.1 Å². The zero-order valence-electron chi connectivity index (χ0n) is 21.9. The number of benzene rings is 2. The molecular weight excluding hydrogens is 522 g/mol. The molecule has 2 aromatic carbocycles. The van der Waals surface area contributed by atoms with Crippen molar-refractivity contribution in [3.8, 4) is 5.69 Å². The van der Waals surface area contributed by atoms with E-state index in [4.69, 9.17) is 8.92 Å².